The Kier molecular flexibility index (Phi) is 3.72. The van der Waals surface area contributed by atoms with Gasteiger partial charge in [-0.2, -0.15) is 13.2 Å². The van der Waals surface area contributed by atoms with Crippen molar-refractivity contribution in [2.45, 2.75) is 19.1 Å². The highest BCUT2D eigenvalue weighted by Crippen LogP contribution is 2.26. The minimum absolute atomic E-state index is 0.115. The second-order valence-electron chi connectivity index (χ2n) is 5.64. The third kappa shape index (κ3) is 2.81. The fourth-order valence-corrected chi connectivity index (χ4v) is 2.64. The quantitative estimate of drug-likeness (QED) is 0.588. The van der Waals surface area contributed by atoms with Crippen molar-refractivity contribution >= 4 is 28.8 Å². The van der Waals surface area contributed by atoms with Crippen molar-refractivity contribution in [3.05, 3.63) is 42.2 Å². The maximum atomic E-state index is 12.7. The third-order valence-electron chi connectivity index (χ3n) is 3.88. The van der Waals surface area contributed by atoms with E-state index in [4.69, 9.17) is 11.6 Å². The average molecular weight is 382 g/mol. The second-order valence-corrected chi connectivity index (χ2v) is 6.03. The van der Waals surface area contributed by atoms with E-state index in [-0.39, 0.29) is 5.95 Å². The molecule has 0 aliphatic rings. The first-order chi connectivity index (χ1) is 12.3. The van der Waals surface area contributed by atoms with Gasteiger partial charge in [0, 0.05) is 29.7 Å². The van der Waals surface area contributed by atoms with E-state index in [2.05, 4.69) is 25.4 Å². The molecular weight excluding hydrogens is 371 g/mol. The maximum Gasteiger partial charge on any atom is 0.408 e. The molecule has 0 saturated heterocycles. The summed E-state index contributed by atoms with van der Waals surface area (Å²) in [5.41, 5.74) is 2.13. The molecule has 0 spiro atoms. The highest BCUT2D eigenvalue weighted by Gasteiger charge is 2.36. The maximum absolute atomic E-state index is 12.7. The van der Waals surface area contributed by atoms with Crippen molar-refractivity contribution in [3.8, 4) is 11.1 Å². The minimum atomic E-state index is -4.38. The number of nitrogens with one attached hydrogen (secondary N) is 1. The molecule has 0 fully saturated rings. The van der Waals surface area contributed by atoms with Crippen LogP contribution in [-0.4, -0.2) is 41.2 Å². The van der Waals surface area contributed by atoms with Crippen LogP contribution in [0.4, 0.5) is 19.1 Å². The number of imidazole rings is 1. The zero-order chi connectivity index (χ0) is 18.5. The number of rotatable bonds is 3. The van der Waals surface area contributed by atoms with E-state index >= 15 is 0 Å². The highest BCUT2D eigenvalue weighted by atomic mass is 35.5. The van der Waals surface area contributed by atoms with Gasteiger partial charge in [-0.1, -0.05) is 11.6 Å². The lowest BCUT2D eigenvalue weighted by Crippen LogP contribution is -2.33. The first kappa shape index (κ1) is 16.6. The van der Waals surface area contributed by atoms with E-state index < -0.39 is 12.2 Å². The Hall–Kier alpha value is -2.88. The lowest BCUT2D eigenvalue weighted by Gasteiger charge is -2.16. The molecule has 4 rings (SSSR count). The Bertz CT molecular complexity index is 1100. The van der Waals surface area contributed by atoms with Crippen molar-refractivity contribution < 1.29 is 13.2 Å². The monoisotopic (exact) mass is 381 g/mol. The highest BCUT2D eigenvalue weighted by molar-refractivity contribution is 6.29. The van der Waals surface area contributed by atoms with Gasteiger partial charge in [-0.3, -0.25) is 4.40 Å². The summed E-state index contributed by atoms with van der Waals surface area (Å²) in [5.74, 6) is 0.349. The van der Waals surface area contributed by atoms with Crippen LogP contribution >= 0.6 is 11.6 Å². The molecule has 0 unspecified atom stereocenters. The molecule has 7 nitrogen and oxygen atoms in total. The van der Waals surface area contributed by atoms with Crippen molar-refractivity contribution in [2.24, 2.45) is 0 Å². The van der Waals surface area contributed by atoms with Crippen molar-refractivity contribution in [1.29, 1.82) is 0 Å². The van der Waals surface area contributed by atoms with E-state index in [9.17, 15) is 13.2 Å². The predicted molar refractivity (Wildman–Crippen MR) is 89.1 cm³/mol. The molecule has 0 aliphatic heterocycles. The van der Waals surface area contributed by atoms with Crippen molar-refractivity contribution in [1.82, 2.24) is 29.0 Å². The molecule has 0 aromatic carbocycles. The summed E-state index contributed by atoms with van der Waals surface area (Å²) < 4.78 is 41.1. The molecule has 0 aliphatic carbocycles. The van der Waals surface area contributed by atoms with Gasteiger partial charge in [0.1, 0.15) is 11.2 Å². The summed E-state index contributed by atoms with van der Waals surface area (Å²) in [5, 5.41) is 6.73. The van der Waals surface area contributed by atoms with Crippen LogP contribution in [0.1, 0.15) is 6.92 Å². The van der Waals surface area contributed by atoms with Crippen LogP contribution in [0, 0.1) is 0 Å². The van der Waals surface area contributed by atoms with Gasteiger partial charge in [0.05, 0.1) is 17.9 Å². The molecule has 134 valence electrons. The van der Waals surface area contributed by atoms with Crippen molar-refractivity contribution in [2.75, 3.05) is 5.32 Å². The van der Waals surface area contributed by atoms with Crippen LogP contribution in [0.15, 0.2) is 37.1 Å². The third-order valence-corrected chi connectivity index (χ3v) is 4.16. The molecule has 1 N–H and O–H groups in total. The molecule has 26 heavy (non-hydrogen) atoms. The molecule has 0 saturated carbocycles. The van der Waals surface area contributed by atoms with Gasteiger partial charge in [0.2, 0.25) is 11.7 Å². The molecular formula is C15H11ClF3N7. The summed E-state index contributed by atoms with van der Waals surface area (Å²) in [4.78, 5) is 12.3. The number of hydrogen-bond donors (Lipinski definition) is 1. The van der Waals surface area contributed by atoms with Crippen LogP contribution in [0.25, 0.3) is 22.4 Å². The fraction of sp³-hybridized carbons (Fsp3) is 0.200. The summed E-state index contributed by atoms with van der Waals surface area (Å²) >= 11 is 6.06. The second kappa shape index (κ2) is 5.84. The van der Waals surface area contributed by atoms with E-state index in [0.717, 1.165) is 18.1 Å². The smallest absolute Gasteiger partial charge is 0.341 e. The Balaban J connectivity index is 1.71. The number of halogens is 4. The summed E-state index contributed by atoms with van der Waals surface area (Å²) in [6.45, 7) is 1.00. The van der Waals surface area contributed by atoms with Gasteiger partial charge in [-0.25, -0.2) is 19.5 Å². The van der Waals surface area contributed by atoms with Gasteiger partial charge in [0.15, 0.2) is 0 Å². The first-order valence-electron chi connectivity index (χ1n) is 7.49. The number of aromatic nitrogens is 6. The minimum Gasteiger partial charge on any atom is -0.341 e. The Morgan fingerprint density at radius 1 is 1.15 bits per heavy atom. The van der Waals surface area contributed by atoms with Crippen LogP contribution in [-0.2, 0) is 0 Å². The van der Waals surface area contributed by atoms with Gasteiger partial charge in [-0.05, 0) is 13.0 Å². The Morgan fingerprint density at radius 2 is 1.92 bits per heavy atom. The van der Waals surface area contributed by atoms with Gasteiger partial charge < -0.3 is 5.32 Å². The zero-order valence-electron chi connectivity index (χ0n) is 13.2. The summed E-state index contributed by atoms with van der Waals surface area (Å²) in [6, 6.07) is 0.0132. The van der Waals surface area contributed by atoms with Crippen LogP contribution in [0.3, 0.4) is 0 Å². The van der Waals surface area contributed by atoms with Crippen LogP contribution in [0.5, 0.6) is 0 Å². The molecule has 4 heterocycles. The molecule has 11 heteroatoms. The lowest BCUT2D eigenvalue weighted by molar-refractivity contribution is -0.138. The predicted octanol–water partition coefficient (Wildman–Crippen LogP) is 3.46. The standard InChI is InChI=1S/C15H11ClF3N7/c1-8(15(17,18)19)23-13-20-5-11-10(2-3-26(11)24-13)9-4-21-14-22-6-12(16)25(14)7-9/h2-8H,1H3,(H,23,24)/t8-/m1/s1. The molecule has 0 radical (unpaired) electrons. The van der Waals surface area contributed by atoms with E-state index in [1.54, 1.807) is 29.1 Å². The first-order valence-corrected chi connectivity index (χ1v) is 7.87. The number of alkyl halides is 3. The van der Waals surface area contributed by atoms with Crippen molar-refractivity contribution in [3.63, 3.8) is 0 Å². The molecule has 0 amide bonds. The number of nitrogens with zero attached hydrogens (tertiary/aromatic N) is 6. The summed E-state index contributed by atoms with van der Waals surface area (Å²) in [7, 11) is 0. The molecule has 4 aromatic heterocycles. The fourth-order valence-electron chi connectivity index (χ4n) is 2.47. The zero-order valence-corrected chi connectivity index (χ0v) is 14.0. The van der Waals surface area contributed by atoms with E-state index in [0.29, 0.717) is 16.4 Å². The normalized spacial score (nSPS) is 13.4. The topological polar surface area (TPSA) is 72.4 Å². The lowest BCUT2D eigenvalue weighted by atomic mass is 10.1. The Labute approximate surface area is 149 Å². The van der Waals surface area contributed by atoms with Crippen LogP contribution < -0.4 is 5.32 Å². The van der Waals surface area contributed by atoms with Crippen LogP contribution in [0.2, 0.25) is 5.15 Å². The number of anilines is 1. The Morgan fingerprint density at radius 3 is 2.69 bits per heavy atom. The number of fused-ring (bicyclic) bond motifs is 2. The number of hydrogen-bond acceptors (Lipinski definition) is 5. The van der Waals surface area contributed by atoms with E-state index in [1.165, 1.54) is 16.9 Å². The average Bonchev–Trinajstić information content (AvgIpc) is 3.17. The molecule has 1 atom stereocenters. The SMILES string of the molecule is C[C@@H](Nc1ncc2c(-c3cnc4ncc(Cl)n4c3)ccn2n1)C(F)(F)F. The van der Waals surface area contributed by atoms with Gasteiger partial charge in [-0.15, -0.1) is 5.10 Å². The summed E-state index contributed by atoms with van der Waals surface area (Å²) in [6.07, 6.45) is 3.60. The van der Waals surface area contributed by atoms with Gasteiger partial charge >= 0.3 is 6.18 Å². The molecule has 0 bridgehead atoms. The molecule has 4 aromatic rings. The largest absolute Gasteiger partial charge is 0.408 e. The van der Waals surface area contributed by atoms with Gasteiger partial charge in [0.25, 0.3) is 0 Å². The van der Waals surface area contributed by atoms with E-state index in [1.807, 2.05) is 0 Å².